The summed E-state index contributed by atoms with van der Waals surface area (Å²) in [5, 5.41) is 10.1. The lowest BCUT2D eigenvalue weighted by atomic mass is 10.1. The van der Waals surface area contributed by atoms with E-state index in [-0.39, 0.29) is 0 Å². The number of aromatic nitrogens is 3. The van der Waals surface area contributed by atoms with Crippen molar-refractivity contribution < 1.29 is 5.11 Å². The van der Waals surface area contributed by atoms with Gasteiger partial charge in [-0.3, -0.25) is 9.55 Å². The fraction of sp³-hybridized carbons (Fsp3) is 0.333. The highest BCUT2D eigenvalue weighted by atomic mass is 79.9. The van der Waals surface area contributed by atoms with Crippen LogP contribution < -0.4 is 0 Å². The number of aliphatic hydroxyl groups is 1. The molecule has 3 rings (SSSR count). The number of pyridine rings is 1. The summed E-state index contributed by atoms with van der Waals surface area (Å²) in [5.41, 5.74) is 1.85. The average Bonchev–Trinajstić information content (AvgIpc) is 2.70. The fourth-order valence-electron chi connectivity index (χ4n) is 2.24. The minimum Gasteiger partial charge on any atom is -0.373 e. The Morgan fingerprint density at radius 3 is 3.06 bits per heavy atom. The molecular weight excluding hydrogens is 282 g/mol. The van der Waals surface area contributed by atoms with Crippen LogP contribution in [0.3, 0.4) is 0 Å². The fourth-order valence-corrected chi connectivity index (χ4v) is 2.80. The molecule has 0 fully saturated rings. The molecule has 0 aliphatic carbocycles. The van der Waals surface area contributed by atoms with Gasteiger partial charge in [0.1, 0.15) is 16.5 Å². The Morgan fingerprint density at radius 1 is 1.41 bits per heavy atom. The minimum absolute atomic E-state index is 0.491. The summed E-state index contributed by atoms with van der Waals surface area (Å²) in [6.45, 7) is 0. The molecule has 2 aromatic heterocycles. The van der Waals surface area contributed by atoms with Crippen molar-refractivity contribution in [3.8, 4) is 11.5 Å². The van der Waals surface area contributed by atoms with Gasteiger partial charge in [-0.25, -0.2) is 4.98 Å². The summed E-state index contributed by atoms with van der Waals surface area (Å²) in [6.07, 6.45) is 3.95. The number of nitrogens with zero attached hydrogens (tertiary/aromatic N) is 3. The van der Waals surface area contributed by atoms with Gasteiger partial charge in [-0.15, -0.1) is 0 Å². The van der Waals surface area contributed by atoms with Gasteiger partial charge in [0, 0.05) is 6.20 Å². The number of hydrogen-bond acceptors (Lipinski definition) is 3. The maximum Gasteiger partial charge on any atom is 0.162 e. The van der Waals surface area contributed by atoms with Crippen LogP contribution in [0.1, 0.15) is 24.8 Å². The molecular formula is C12H12BrN3O. The molecule has 3 heterocycles. The normalized spacial score (nSPS) is 19.1. The van der Waals surface area contributed by atoms with Crippen LogP contribution in [-0.2, 0) is 6.42 Å². The second-order valence-electron chi connectivity index (χ2n) is 4.13. The van der Waals surface area contributed by atoms with Gasteiger partial charge in [0.05, 0.1) is 5.69 Å². The highest BCUT2D eigenvalue weighted by molar-refractivity contribution is 9.10. The first-order valence-electron chi connectivity index (χ1n) is 5.63. The lowest BCUT2D eigenvalue weighted by molar-refractivity contribution is 0.0804. The molecule has 0 saturated heterocycles. The molecule has 0 bridgehead atoms. The van der Waals surface area contributed by atoms with Gasteiger partial charge in [0.15, 0.2) is 5.82 Å². The Morgan fingerprint density at radius 2 is 2.29 bits per heavy atom. The second-order valence-corrected chi connectivity index (χ2v) is 4.88. The van der Waals surface area contributed by atoms with Crippen LogP contribution in [0.5, 0.6) is 0 Å². The molecule has 1 N–H and O–H groups in total. The molecule has 4 nitrogen and oxygen atoms in total. The van der Waals surface area contributed by atoms with Crippen molar-refractivity contribution in [2.24, 2.45) is 0 Å². The van der Waals surface area contributed by atoms with Gasteiger partial charge in [-0.2, -0.15) is 0 Å². The Labute approximate surface area is 107 Å². The summed E-state index contributed by atoms with van der Waals surface area (Å²) in [6, 6.07) is 5.70. The van der Waals surface area contributed by atoms with Crippen LogP contribution in [0.2, 0.25) is 0 Å². The van der Waals surface area contributed by atoms with E-state index >= 15 is 0 Å². The topological polar surface area (TPSA) is 50.9 Å². The maximum absolute atomic E-state index is 10.1. The smallest absolute Gasteiger partial charge is 0.162 e. The van der Waals surface area contributed by atoms with E-state index in [2.05, 4.69) is 25.9 Å². The van der Waals surface area contributed by atoms with E-state index in [1.54, 1.807) is 6.20 Å². The van der Waals surface area contributed by atoms with Crippen molar-refractivity contribution in [3.05, 3.63) is 34.7 Å². The predicted molar refractivity (Wildman–Crippen MR) is 67.4 cm³/mol. The average molecular weight is 294 g/mol. The van der Waals surface area contributed by atoms with E-state index in [0.29, 0.717) is 0 Å². The summed E-state index contributed by atoms with van der Waals surface area (Å²) >= 11 is 3.46. The van der Waals surface area contributed by atoms with Crippen LogP contribution in [0.25, 0.3) is 11.5 Å². The molecule has 0 spiro atoms. The molecule has 1 atom stereocenters. The largest absolute Gasteiger partial charge is 0.373 e. The summed E-state index contributed by atoms with van der Waals surface area (Å²) in [4.78, 5) is 8.76. The van der Waals surface area contributed by atoms with Crippen molar-refractivity contribution in [1.82, 2.24) is 14.5 Å². The first kappa shape index (κ1) is 10.9. The highest BCUT2D eigenvalue weighted by Crippen LogP contribution is 2.33. The van der Waals surface area contributed by atoms with Crippen LogP contribution in [0, 0.1) is 0 Å². The molecule has 1 aliphatic heterocycles. The summed E-state index contributed by atoms with van der Waals surface area (Å²) < 4.78 is 2.70. The van der Waals surface area contributed by atoms with Crippen LogP contribution in [-0.4, -0.2) is 19.6 Å². The second kappa shape index (κ2) is 4.23. The van der Waals surface area contributed by atoms with Crippen LogP contribution in [0.4, 0.5) is 0 Å². The van der Waals surface area contributed by atoms with Crippen molar-refractivity contribution in [2.75, 3.05) is 0 Å². The standard InChI is InChI=1S/C12H12BrN3O/c13-11-9-5-3-6-10(17)16(9)12(15-11)8-4-1-2-7-14-8/h1-2,4,7,10,17H,3,5-6H2. The van der Waals surface area contributed by atoms with E-state index in [1.165, 1.54) is 0 Å². The van der Waals surface area contributed by atoms with Gasteiger partial charge < -0.3 is 5.11 Å². The van der Waals surface area contributed by atoms with E-state index in [4.69, 9.17) is 0 Å². The predicted octanol–water partition coefficient (Wildman–Crippen LogP) is 2.53. The number of rotatable bonds is 1. The number of hydrogen-bond donors (Lipinski definition) is 1. The molecule has 1 unspecified atom stereocenters. The molecule has 88 valence electrons. The first-order chi connectivity index (χ1) is 8.27. The minimum atomic E-state index is -0.491. The van der Waals surface area contributed by atoms with Gasteiger partial charge in [0.25, 0.3) is 0 Å². The zero-order valence-corrected chi connectivity index (χ0v) is 10.8. The van der Waals surface area contributed by atoms with E-state index in [0.717, 1.165) is 41.1 Å². The number of fused-ring (bicyclic) bond motifs is 1. The molecule has 17 heavy (non-hydrogen) atoms. The van der Waals surface area contributed by atoms with Crippen molar-refractivity contribution in [3.63, 3.8) is 0 Å². The third-order valence-corrected chi connectivity index (χ3v) is 3.66. The zero-order valence-electron chi connectivity index (χ0n) is 9.17. The molecule has 5 heteroatoms. The van der Waals surface area contributed by atoms with Crippen molar-refractivity contribution in [1.29, 1.82) is 0 Å². The van der Waals surface area contributed by atoms with Gasteiger partial charge in [-0.05, 0) is 47.3 Å². The van der Waals surface area contributed by atoms with E-state index in [1.807, 2.05) is 22.8 Å². The van der Waals surface area contributed by atoms with Gasteiger partial charge >= 0.3 is 0 Å². The van der Waals surface area contributed by atoms with E-state index < -0.39 is 6.23 Å². The lowest BCUT2D eigenvalue weighted by Gasteiger charge is -2.22. The molecule has 0 amide bonds. The Kier molecular flexibility index (Phi) is 2.72. The van der Waals surface area contributed by atoms with Crippen LogP contribution in [0.15, 0.2) is 29.0 Å². The molecule has 0 saturated carbocycles. The Balaban J connectivity index is 2.18. The number of imidazole rings is 1. The molecule has 0 radical (unpaired) electrons. The first-order valence-corrected chi connectivity index (χ1v) is 6.43. The molecule has 1 aliphatic rings. The summed E-state index contributed by atoms with van der Waals surface area (Å²) in [5.74, 6) is 0.736. The molecule has 2 aromatic rings. The van der Waals surface area contributed by atoms with Crippen LogP contribution >= 0.6 is 15.9 Å². The summed E-state index contributed by atoms with van der Waals surface area (Å²) in [7, 11) is 0. The third-order valence-electron chi connectivity index (χ3n) is 3.03. The number of halogens is 1. The van der Waals surface area contributed by atoms with E-state index in [9.17, 15) is 5.11 Å². The van der Waals surface area contributed by atoms with Gasteiger partial charge in [0.2, 0.25) is 0 Å². The number of aliphatic hydroxyl groups excluding tert-OH is 1. The third kappa shape index (κ3) is 1.79. The monoisotopic (exact) mass is 293 g/mol. The quantitative estimate of drug-likeness (QED) is 0.879. The molecule has 0 aromatic carbocycles. The zero-order chi connectivity index (χ0) is 11.8. The van der Waals surface area contributed by atoms with Gasteiger partial charge in [-0.1, -0.05) is 6.07 Å². The highest BCUT2D eigenvalue weighted by Gasteiger charge is 2.25. The van der Waals surface area contributed by atoms with Crippen molar-refractivity contribution in [2.45, 2.75) is 25.5 Å². The Bertz CT molecular complexity index is 538. The SMILES string of the molecule is OC1CCCc2c(Br)nc(-c3ccccn3)n21. The maximum atomic E-state index is 10.1. The Hall–Kier alpha value is -1.20. The van der Waals surface area contributed by atoms with Crippen molar-refractivity contribution >= 4 is 15.9 Å². The lowest BCUT2D eigenvalue weighted by Crippen LogP contribution is -2.18.